The molecule has 1 amide bonds. The van der Waals surface area contributed by atoms with Gasteiger partial charge < -0.3 is 5.32 Å². The molecule has 1 aliphatic heterocycles. The average Bonchev–Trinajstić information content (AvgIpc) is 3.10. The number of thiophene rings is 1. The molecule has 2 aromatic rings. The van der Waals surface area contributed by atoms with E-state index in [1.165, 1.54) is 4.88 Å². The van der Waals surface area contributed by atoms with Gasteiger partial charge in [-0.15, -0.1) is 11.3 Å². The highest BCUT2D eigenvalue weighted by molar-refractivity contribution is 7.09. The van der Waals surface area contributed by atoms with Crippen molar-refractivity contribution in [1.29, 1.82) is 0 Å². The van der Waals surface area contributed by atoms with Gasteiger partial charge in [0.15, 0.2) is 0 Å². The molecule has 2 heterocycles. The molecule has 4 nitrogen and oxygen atoms in total. The summed E-state index contributed by atoms with van der Waals surface area (Å²) in [6, 6.07) is 11.9. The van der Waals surface area contributed by atoms with Crippen LogP contribution < -0.4 is 5.32 Å². The lowest BCUT2D eigenvalue weighted by Crippen LogP contribution is -2.49. The number of amides is 1. The van der Waals surface area contributed by atoms with Gasteiger partial charge in [-0.3, -0.25) is 14.6 Å². The highest BCUT2D eigenvalue weighted by atomic mass is 35.5. The molecule has 0 aliphatic carbocycles. The van der Waals surface area contributed by atoms with Crippen LogP contribution in [0.25, 0.3) is 0 Å². The van der Waals surface area contributed by atoms with E-state index in [-0.39, 0.29) is 11.9 Å². The van der Waals surface area contributed by atoms with Crippen molar-refractivity contribution in [1.82, 2.24) is 15.1 Å². The molecule has 1 atom stereocenters. The monoisotopic (exact) mass is 377 g/mol. The summed E-state index contributed by atoms with van der Waals surface area (Å²) < 4.78 is 0. The summed E-state index contributed by atoms with van der Waals surface area (Å²) in [4.78, 5) is 18.4. The Kier molecular flexibility index (Phi) is 6.48. The van der Waals surface area contributed by atoms with Crippen molar-refractivity contribution < 1.29 is 4.79 Å². The number of nitrogens with one attached hydrogen (secondary N) is 1. The Morgan fingerprint density at radius 1 is 1.16 bits per heavy atom. The molecular formula is C19H24ClN3OS. The summed E-state index contributed by atoms with van der Waals surface area (Å²) in [6.07, 6.45) is 0. The van der Waals surface area contributed by atoms with Gasteiger partial charge in [0, 0.05) is 42.6 Å². The van der Waals surface area contributed by atoms with Crippen LogP contribution in [-0.2, 0) is 11.3 Å². The van der Waals surface area contributed by atoms with E-state index in [0.717, 1.165) is 38.3 Å². The summed E-state index contributed by atoms with van der Waals surface area (Å²) >= 11 is 7.72. The Balaban J connectivity index is 1.40. The number of carbonyl (C=O) groups excluding carboxylic acids is 1. The molecule has 0 unspecified atom stereocenters. The number of halogens is 1. The Hall–Kier alpha value is -1.40. The Morgan fingerprint density at radius 3 is 2.48 bits per heavy atom. The predicted molar refractivity (Wildman–Crippen MR) is 104 cm³/mol. The van der Waals surface area contributed by atoms with Gasteiger partial charge >= 0.3 is 0 Å². The van der Waals surface area contributed by atoms with Crippen LogP contribution in [0, 0.1) is 0 Å². The maximum atomic E-state index is 12.3. The maximum Gasteiger partial charge on any atom is 0.234 e. The maximum absolute atomic E-state index is 12.3. The molecule has 25 heavy (non-hydrogen) atoms. The van der Waals surface area contributed by atoms with Gasteiger partial charge in [0.1, 0.15) is 0 Å². The number of benzene rings is 1. The Labute approximate surface area is 158 Å². The van der Waals surface area contributed by atoms with Gasteiger partial charge in [-0.25, -0.2) is 0 Å². The van der Waals surface area contributed by atoms with Gasteiger partial charge in [-0.2, -0.15) is 0 Å². The standard InChI is InChI=1S/C19H24ClN3OS/c1-15(16-4-6-17(20)7-5-16)21-19(24)14-23-10-8-22(9-11-23)13-18-3-2-12-25-18/h2-7,12,15H,8-11,13-14H2,1H3,(H,21,24)/t15-/m1/s1. The summed E-state index contributed by atoms with van der Waals surface area (Å²) in [7, 11) is 0. The highest BCUT2D eigenvalue weighted by Gasteiger charge is 2.20. The minimum atomic E-state index is -0.00937. The number of piperazine rings is 1. The summed E-state index contributed by atoms with van der Waals surface area (Å²) in [5, 5.41) is 5.91. The van der Waals surface area contributed by atoms with Crippen molar-refractivity contribution in [2.45, 2.75) is 19.5 Å². The molecule has 1 aliphatic rings. The van der Waals surface area contributed by atoms with Gasteiger partial charge in [-0.1, -0.05) is 29.8 Å². The molecule has 0 radical (unpaired) electrons. The number of hydrogen-bond donors (Lipinski definition) is 1. The van der Waals surface area contributed by atoms with Crippen molar-refractivity contribution in [2.24, 2.45) is 0 Å². The van der Waals surface area contributed by atoms with E-state index in [1.54, 1.807) is 11.3 Å². The van der Waals surface area contributed by atoms with Crippen molar-refractivity contribution in [3.05, 3.63) is 57.2 Å². The van der Waals surface area contributed by atoms with E-state index < -0.39 is 0 Å². The summed E-state index contributed by atoms with van der Waals surface area (Å²) in [5.74, 6) is 0.0779. The first-order chi connectivity index (χ1) is 12.1. The quantitative estimate of drug-likeness (QED) is 0.838. The minimum absolute atomic E-state index is 0.00937. The fourth-order valence-corrected chi connectivity index (χ4v) is 3.93. The lowest BCUT2D eigenvalue weighted by molar-refractivity contribution is -0.123. The second kappa shape index (κ2) is 8.81. The highest BCUT2D eigenvalue weighted by Crippen LogP contribution is 2.16. The molecule has 1 aromatic heterocycles. The summed E-state index contributed by atoms with van der Waals surface area (Å²) in [5.41, 5.74) is 1.07. The number of carbonyl (C=O) groups is 1. The molecule has 1 N–H and O–H groups in total. The molecule has 1 saturated heterocycles. The lowest BCUT2D eigenvalue weighted by Gasteiger charge is -2.34. The van der Waals surface area contributed by atoms with Gasteiger partial charge in [-0.05, 0) is 36.1 Å². The minimum Gasteiger partial charge on any atom is -0.348 e. The van der Waals surface area contributed by atoms with E-state index in [4.69, 9.17) is 11.6 Å². The molecule has 0 saturated carbocycles. The lowest BCUT2D eigenvalue weighted by atomic mass is 10.1. The number of hydrogen-bond acceptors (Lipinski definition) is 4. The predicted octanol–water partition coefficient (Wildman–Crippen LogP) is 3.40. The van der Waals surface area contributed by atoms with Gasteiger partial charge in [0.2, 0.25) is 5.91 Å². The normalized spacial score (nSPS) is 17.4. The first-order valence-electron chi connectivity index (χ1n) is 8.62. The largest absolute Gasteiger partial charge is 0.348 e. The van der Waals surface area contributed by atoms with Crippen molar-refractivity contribution in [3.63, 3.8) is 0 Å². The van der Waals surface area contributed by atoms with Crippen LogP contribution >= 0.6 is 22.9 Å². The van der Waals surface area contributed by atoms with Gasteiger partial charge in [0.25, 0.3) is 0 Å². The van der Waals surface area contributed by atoms with Crippen molar-refractivity contribution in [3.8, 4) is 0 Å². The van der Waals surface area contributed by atoms with Crippen molar-refractivity contribution >= 4 is 28.8 Å². The van der Waals surface area contributed by atoms with Crippen LogP contribution in [0.3, 0.4) is 0 Å². The fourth-order valence-electron chi connectivity index (χ4n) is 3.05. The van der Waals surface area contributed by atoms with Crippen LogP contribution in [0.4, 0.5) is 0 Å². The molecular weight excluding hydrogens is 354 g/mol. The Morgan fingerprint density at radius 2 is 1.84 bits per heavy atom. The SMILES string of the molecule is C[C@@H](NC(=O)CN1CCN(Cc2cccs2)CC1)c1ccc(Cl)cc1. The van der Waals surface area contributed by atoms with E-state index in [9.17, 15) is 4.79 Å². The van der Waals surface area contributed by atoms with E-state index in [2.05, 4.69) is 32.6 Å². The van der Waals surface area contributed by atoms with Crippen LogP contribution in [0.1, 0.15) is 23.4 Å². The van der Waals surface area contributed by atoms with Crippen LogP contribution in [-0.4, -0.2) is 48.4 Å². The average molecular weight is 378 g/mol. The molecule has 134 valence electrons. The molecule has 1 aromatic carbocycles. The second-order valence-electron chi connectivity index (χ2n) is 6.47. The zero-order valence-electron chi connectivity index (χ0n) is 14.5. The topological polar surface area (TPSA) is 35.6 Å². The smallest absolute Gasteiger partial charge is 0.234 e. The van der Waals surface area contributed by atoms with Crippen molar-refractivity contribution in [2.75, 3.05) is 32.7 Å². The molecule has 0 spiro atoms. The van der Waals surface area contributed by atoms with E-state index in [1.807, 2.05) is 31.2 Å². The first-order valence-corrected chi connectivity index (χ1v) is 9.88. The van der Waals surface area contributed by atoms with Gasteiger partial charge in [0.05, 0.1) is 12.6 Å². The third kappa shape index (κ3) is 5.54. The third-order valence-electron chi connectivity index (χ3n) is 4.54. The molecule has 0 bridgehead atoms. The first kappa shape index (κ1) is 18.4. The van der Waals surface area contributed by atoms with Crippen LogP contribution in [0.15, 0.2) is 41.8 Å². The second-order valence-corrected chi connectivity index (χ2v) is 7.94. The molecule has 6 heteroatoms. The summed E-state index contributed by atoms with van der Waals surface area (Å²) in [6.45, 7) is 7.38. The van der Waals surface area contributed by atoms with Crippen LogP contribution in [0.5, 0.6) is 0 Å². The number of rotatable bonds is 6. The zero-order valence-corrected chi connectivity index (χ0v) is 16.0. The fraction of sp³-hybridized carbons (Fsp3) is 0.421. The van der Waals surface area contributed by atoms with Crippen LogP contribution in [0.2, 0.25) is 5.02 Å². The van der Waals surface area contributed by atoms with E-state index >= 15 is 0 Å². The number of nitrogens with zero attached hydrogens (tertiary/aromatic N) is 2. The third-order valence-corrected chi connectivity index (χ3v) is 5.65. The molecule has 3 rings (SSSR count). The van der Waals surface area contributed by atoms with E-state index in [0.29, 0.717) is 11.6 Å². The zero-order chi connectivity index (χ0) is 17.6. The molecule has 1 fully saturated rings. The Bertz CT molecular complexity index is 666.